The summed E-state index contributed by atoms with van der Waals surface area (Å²) < 4.78 is 36.8. The Kier molecular flexibility index (Phi) is 5.33. The summed E-state index contributed by atoms with van der Waals surface area (Å²) in [7, 11) is 0. The van der Waals surface area contributed by atoms with Crippen molar-refractivity contribution in [1.82, 2.24) is 0 Å². The Hall–Kier alpha value is -0.680. The van der Waals surface area contributed by atoms with E-state index in [9.17, 15) is 13.2 Å². The average molecular weight is 264 g/mol. The van der Waals surface area contributed by atoms with Crippen molar-refractivity contribution in [3.8, 4) is 0 Å². The second kappa shape index (κ2) is 6.31. The van der Waals surface area contributed by atoms with Crippen molar-refractivity contribution in [3.63, 3.8) is 0 Å². The molecule has 1 nitrogen and oxygen atoms in total. The molecule has 0 saturated heterocycles. The fraction of sp³-hybridized carbons (Fsp3) is 0.500. The number of benzene rings is 1. The highest BCUT2D eigenvalue weighted by atomic mass is 32.2. The Morgan fingerprint density at radius 2 is 1.82 bits per heavy atom. The van der Waals surface area contributed by atoms with Gasteiger partial charge >= 0.3 is 6.18 Å². The zero-order valence-corrected chi connectivity index (χ0v) is 10.3. The van der Waals surface area contributed by atoms with E-state index in [1.54, 1.807) is 36.0 Å². The molecule has 0 aliphatic carbocycles. The van der Waals surface area contributed by atoms with E-state index in [-0.39, 0.29) is 6.42 Å². The van der Waals surface area contributed by atoms with E-state index in [1.807, 2.05) is 6.92 Å². The normalized spacial score (nSPS) is 13.7. The van der Waals surface area contributed by atoms with E-state index >= 15 is 0 Å². The number of aliphatic hydroxyl groups is 1. The Balaban J connectivity index is 2.76. The molecule has 0 amide bonds. The van der Waals surface area contributed by atoms with Gasteiger partial charge in [-0.2, -0.15) is 24.9 Å². The average Bonchev–Trinajstić information content (AvgIpc) is 2.26. The fourth-order valence-electron chi connectivity index (χ4n) is 1.43. The number of halogens is 3. The summed E-state index contributed by atoms with van der Waals surface area (Å²) in [6.45, 7) is 2.00. The van der Waals surface area contributed by atoms with Crippen molar-refractivity contribution in [2.45, 2.75) is 31.4 Å². The molecular weight excluding hydrogens is 249 g/mol. The molecule has 0 aromatic heterocycles. The van der Waals surface area contributed by atoms with Gasteiger partial charge in [-0.1, -0.05) is 31.2 Å². The Labute approximate surface area is 103 Å². The summed E-state index contributed by atoms with van der Waals surface area (Å²) in [6.07, 6.45) is -7.20. The van der Waals surface area contributed by atoms with E-state index in [0.29, 0.717) is 11.3 Å². The molecule has 0 heterocycles. The molecule has 1 unspecified atom stereocenters. The standard InChI is InChI=1S/C12H15F3OS/c1-2-17-8-10-6-4-3-5-9(10)7-11(16)12(13,14)15/h3-6,11,16H,2,7-8H2,1H3. The van der Waals surface area contributed by atoms with Crippen LogP contribution in [0, 0.1) is 0 Å². The van der Waals surface area contributed by atoms with E-state index in [4.69, 9.17) is 5.11 Å². The first-order valence-corrected chi connectivity index (χ1v) is 6.50. The van der Waals surface area contributed by atoms with Gasteiger partial charge in [0.2, 0.25) is 0 Å². The molecule has 1 N–H and O–H groups in total. The number of aliphatic hydroxyl groups excluding tert-OH is 1. The molecule has 1 aromatic rings. The smallest absolute Gasteiger partial charge is 0.383 e. The van der Waals surface area contributed by atoms with Crippen LogP contribution in [0.1, 0.15) is 18.1 Å². The van der Waals surface area contributed by atoms with Crippen LogP contribution in [0.15, 0.2) is 24.3 Å². The summed E-state index contributed by atoms with van der Waals surface area (Å²) in [5.41, 5.74) is 1.43. The van der Waals surface area contributed by atoms with Crippen LogP contribution >= 0.6 is 11.8 Å². The van der Waals surface area contributed by atoms with E-state index in [0.717, 1.165) is 11.3 Å². The number of hydrogen-bond acceptors (Lipinski definition) is 2. The SMILES string of the molecule is CCSCc1ccccc1CC(O)C(F)(F)F. The van der Waals surface area contributed by atoms with Gasteiger partial charge in [0.05, 0.1) is 0 Å². The number of rotatable bonds is 5. The third-order valence-electron chi connectivity index (χ3n) is 2.37. The maximum atomic E-state index is 12.3. The molecule has 96 valence electrons. The van der Waals surface area contributed by atoms with Crippen molar-refractivity contribution >= 4 is 11.8 Å². The van der Waals surface area contributed by atoms with Gasteiger partial charge in [-0.3, -0.25) is 0 Å². The van der Waals surface area contributed by atoms with Gasteiger partial charge in [0.15, 0.2) is 6.10 Å². The maximum Gasteiger partial charge on any atom is 0.414 e. The van der Waals surface area contributed by atoms with Crippen LogP contribution < -0.4 is 0 Å². The molecule has 5 heteroatoms. The molecule has 0 spiro atoms. The Morgan fingerprint density at radius 3 is 2.35 bits per heavy atom. The van der Waals surface area contributed by atoms with Crippen LogP contribution in [0.3, 0.4) is 0 Å². The third-order valence-corrected chi connectivity index (χ3v) is 3.29. The largest absolute Gasteiger partial charge is 0.414 e. The first kappa shape index (κ1) is 14.4. The van der Waals surface area contributed by atoms with Gasteiger partial charge in [0.25, 0.3) is 0 Å². The Morgan fingerprint density at radius 1 is 1.24 bits per heavy atom. The molecule has 0 aliphatic rings. The van der Waals surface area contributed by atoms with Gasteiger partial charge in [-0.05, 0) is 16.9 Å². The number of hydrogen-bond donors (Lipinski definition) is 1. The minimum absolute atomic E-state index is 0.371. The fourth-order valence-corrected chi connectivity index (χ4v) is 2.14. The van der Waals surface area contributed by atoms with Crippen LogP contribution in [0.25, 0.3) is 0 Å². The van der Waals surface area contributed by atoms with Crippen molar-refractivity contribution in [2.24, 2.45) is 0 Å². The second-order valence-electron chi connectivity index (χ2n) is 3.67. The van der Waals surface area contributed by atoms with Crippen LogP contribution in [0.2, 0.25) is 0 Å². The lowest BCUT2D eigenvalue weighted by molar-refractivity contribution is -0.203. The molecule has 0 aliphatic heterocycles. The van der Waals surface area contributed by atoms with Crippen molar-refractivity contribution in [3.05, 3.63) is 35.4 Å². The number of thioether (sulfide) groups is 1. The predicted molar refractivity (Wildman–Crippen MR) is 64.0 cm³/mol. The maximum absolute atomic E-state index is 12.3. The van der Waals surface area contributed by atoms with Crippen LogP contribution in [0.5, 0.6) is 0 Å². The van der Waals surface area contributed by atoms with Gasteiger partial charge in [-0.25, -0.2) is 0 Å². The Bertz CT molecular complexity index is 352. The third kappa shape index (κ3) is 4.60. The summed E-state index contributed by atoms with van der Waals surface area (Å²) in [6, 6.07) is 6.94. The zero-order chi connectivity index (χ0) is 12.9. The van der Waals surface area contributed by atoms with Gasteiger partial charge in [-0.15, -0.1) is 0 Å². The first-order valence-electron chi connectivity index (χ1n) is 5.34. The highest BCUT2D eigenvalue weighted by Crippen LogP contribution is 2.25. The van der Waals surface area contributed by atoms with E-state index in [1.165, 1.54) is 0 Å². The molecule has 0 saturated carbocycles. The summed E-state index contributed by atoms with van der Waals surface area (Å²) >= 11 is 1.65. The quantitative estimate of drug-likeness (QED) is 0.879. The molecule has 1 atom stereocenters. The van der Waals surface area contributed by atoms with Crippen LogP contribution in [0.4, 0.5) is 13.2 Å². The van der Waals surface area contributed by atoms with E-state index < -0.39 is 12.3 Å². The molecule has 0 bridgehead atoms. The van der Waals surface area contributed by atoms with Gasteiger partial charge in [0, 0.05) is 12.2 Å². The van der Waals surface area contributed by atoms with Gasteiger partial charge in [0.1, 0.15) is 0 Å². The molecule has 0 radical (unpaired) electrons. The first-order chi connectivity index (χ1) is 7.95. The molecule has 17 heavy (non-hydrogen) atoms. The summed E-state index contributed by atoms with van der Waals surface area (Å²) in [5.74, 6) is 1.59. The van der Waals surface area contributed by atoms with Crippen molar-refractivity contribution < 1.29 is 18.3 Å². The van der Waals surface area contributed by atoms with Crippen LogP contribution in [-0.4, -0.2) is 23.1 Å². The minimum Gasteiger partial charge on any atom is -0.383 e. The monoisotopic (exact) mass is 264 g/mol. The lowest BCUT2D eigenvalue weighted by atomic mass is 10.0. The predicted octanol–water partition coefficient (Wildman–Crippen LogP) is 3.41. The minimum atomic E-state index is -4.55. The van der Waals surface area contributed by atoms with Crippen molar-refractivity contribution in [2.75, 3.05) is 5.75 Å². The molecule has 1 aromatic carbocycles. The topological polar surface area (TPSA) is 20.2 Å². The molecule has 0 fully saturated rings. The summed E-state index contributed by atoms with van der Waals surface area (Å²) in [5, 5.41) is 9.06. The second-order valence-corrected chi connectivity index (χ2v) is 4.94. The lowest BCUT2D eigenvalue weighted by Crippen LogP contribution is -2.30. The molecular formula is C12H15F3OS. The zero-order valence-electron chi connectivity index (χ0n) is 9.50. The van der Waals surface area contributed by atoms with Crippen molar-refractivity contribution in [1.29, 1.82) is 0 Å². The highest BCUT2D eigenvalue weighted by Gasteiger charge is 2.38. The highest BCUT2D eigenvalue weighted by molar-refractivity contribution is 7.98. The lowest BCUT2D eigenvalue weighted by Gasteiger charge is -2.16. The van der Waals surface area contributed by atoms with E-state index in [2.05, 4.69) is 0 Å². The van der Waals surface area contributed by atoms with Gasteiger partial charge < -0.3 is 5.11 Å². The number of alkyl halides is 3. The molecule has 1 rings (SSSR count). The summed E-state index contributed by atoms with van der Waals surface area (Å²) in [4.78, 5) is 0. The van der Waals surface area contributed by atoms with Crippen LogP contribution in [-0.2, 0) is 12.2 Å².